The molecule has 0 unspecified atom stereocenters. The lowest BCUT2D eigenvalue weighted by atomic mass is 10.2. The van der Waals surface area contributed by atoms with Gasteiger partial charge in [0.05, 0.1) is 17.4 Å². The second-order valence-corrected chi connectivity index (χ2v) is 5.89. The van der Waals surface area contributed by atoms with Gasteiger partial charge in [0.25, 0.3) is 5.56 Å². The highest BCUT2D eigenvalue weighted by atomic mass is 19.4. The molecule has 3 aromatic heterocycles. The van der Waals surface area contributed by atoms with Gasteiger partial charge in [-0.3, -0.25) is 14.5 Å². The molecule has 0 amide bonds. The van der Waals surface area contributed by atoms with Crippen LogP contribution in [-0.4, -0.2) is 55.3 Å². The van der Waals surface area contributed by atoms with Crippen molar-refractivity contribution in [2.24, 2.45) is 0 Å². The molecular weight excluding hydrogens is 371 g/mol. The number of anilines is 1. The Kier molecular flexibility index (Phi) is 3.95. The van der Waals surface area contributed by atoms with Gasteiger partial charge in [-0.25, -0.2) is 9.78 Å². The molecule has 1 fully saturated rings. The van der Waals surface area contributed by atoms with Crippen molar-refractivity contribution in [3.05, 3.63) is 39.4 Å². The van der Waals surface area contributed by atoms with E-state index in [0.29, 0.717) is 17.9 Å². The molecule has 1 aliphatic heterocycles. The largest absolute Gasteiger partial charge is 0.522 e. The monoisotopic (exact) mass is 383 g/mol. The first-order valence-corrected chi connectivity index (χ1v) is 7.83. The molecule has 1 atom stereocenters. The zero-order valence-electron chi connectivity index (χ0n) is 13.5. The molecule has 10 nitrogen and oxygen atoms in total. The quantitative estimate of drug-likeness (QED) is 0.666. The van der Waals surface area contributed by atoms with E-state index < -0.39 is 23.7 Å². The van der Waals surface area contributed by atoms with Crippen LogP contribution in [0.25, 0.3) is 16.9 Å². The second-order valence-electron chi connectivity index (χ2n) is 5.89. The van der Waals surface area contributed by atoms with Gasteiger partial charge in [-0.15, -0.1) is 28.0 Å². The van der Waals surface area contributed by atoms with Gasteiger partial charge in [-0.1, -0.05) is 0 Å². The van der Waals surface area contributed by atoms with E-state index in [1.165, 1.54) is 23.2 Å². The van der Waals surface area contributed by atoms with Gasteiger partial charge in [0.15, 0.2) is 5.65 Å². The van der Waals surface area contributed by atoms with Crippen LogP contribution in [0.2, 0.25) is 0 Å². The van der Waals surface area contributed by atoms with Crippen molar-refractivity contribution < 1.29 is 17.9 Å². The van der Waals surface area contributed by atoms with Crippen LogP contribution in [0.4, 0.5) is 18.9 Å². The molecule has 0 spiro atoms. The number of ether oxygens (including phenoxy) is 1. The Balaban J connectivity index is 1.74. The van der Waals surface area contributed by atoms with Crippen molar-refractivity contribution in [1.29, 1.82) is 0 Å². The predicted molar refractivity (Wildman–Crippen MR) is 85.2 cm³/mol. The zero-order chi connectivity index (χ0) is 19.2. The first-order chi connectivity index (χ1) is 12.8. The molecule has 3 aromatic rings. The van der Waals surface area contributed by atoms with Crippen LogP contribution in [0.5, 0.6) is 0 Å². The number of aromatic amines is 2. The summed E-state index contributed by atoms with van der Waals surface area (Å²) in [4.78, 5) is 33.4. The molecule has 0 saturated carbocycles. The SMILES string of the molecule is O=c1[nH]cc(-c2cc(N3CC[C@@H](OC(F)(F)F)C3)c3ncnn3n2)c(=O)[nH]1. The van der Waals surface area contributed by atoms with Crippen LogP contribution < -0.4 is 16.1 Å². The highest BCUT2D eigenvalue weighted by Gasteiger charge is 2.37. The first-order valence-electron chi connectivity index (χ1n) is 7.83. The van der Waals surface area contributed by atoms with E-state index in [0.717, 1.165) is 0 Å². The molecule has 27 heavy (non-hydrogen) atoms. The molecule has 0 bridgehead atoms. The average molecular weight is 383 g/mol. The number of nitrogens with zero attached hydrogens (tertiary/aromatic N) is 5. The molecule has 13 heteroatoms. The van der Waals surface area contributed by atoms with E-state index in [9.17, 15) is 22.8 Å². The van der Waals surface area contributed by atoms with Crippen LogP contribution >= 0.6 is 0 Å². The smallest absolute Gasteiger partial charge is 0.366 e. The van der Waals surface area contributed by atoms with E-state index in [-0.39, 0.29) is 24.2 Å². The summed E-state index contributed by atoms with van der Waals surface area (Å²) in [5.74, 6) is 0. The predicted octanol–water partition coefficient (Wildman–Crippen LogP) is 0.283. The fourth-order valence-corrected chi connectivity index (χ4v) is 3.00. The minimum Gasteiger partial charge on any atom is -0.366 e. The lowest BCUT2D eigenvalue weighted by Crippen LogP contribution is -2.28. The summed E-state index contributed by atoms with van der Waals surface area (Å²) < 4.78 is 42.6. The molecule has 0 aliphatic carbocycles. The summed E-state index contributed by atoms with van der Waals surface area (Å²) in [6.45, 7) is 0.294. The fraction of sp³-hybridized carbons (Fsp3) is 0.357. The number of aromatic nitrogens is 6. The van der Waals surface area contributed by atoms with Gasteiger partial charge in [0, 0.05) is 19.3 Å². The van der Waals surface area contributed by atoms with Crippen molar-refractivity contribution in [1.82, 2.24) is 29.8 Å². The maximum atomic E-state index is 12.5. The Morgan fingerprint density at radius 3 is 2.85 bits per heavy atom. The summed E-state index contributed by atoms with van der Waals surface area (Å²) in [5, 5.41) is 8.10. The number of alkyl halides is 3. The molecule has 142 valence electrons. The number of rotatable bonds is 3. The van der Waals surface area contributed by atoms with Crippen LogP contribution in [0.15, 0.2) is 28.2 Å². The van der Waals surface area contributed by atoms with Gasteiger partial charge < -0.3 is 9.88 Å². The highest BCUT2D eigenvalue weighted by Crippen LogP contribution is 2.30. The molecule has 0 aromatic carbocycles. The molecule has 1 aliphatic rings. The van der Waals surface area contributed by atoms with E-state index in [4.69, 9.17) is 0 Å². The van der Waals surface area contributed by atoms with Crippen LogP contribution in [0, 0.1) is 0 Å². The van der Waals surface area contributed by atoms with E-state index in [1.807, 2.05) is 0 Å². The minimum absolute atomic E-state index is 0.00648. The Morgan fingerprint density at radius 2 is 2.11 bits per heavy atom. The van der Waals surface area contributed by atoms with Gasteiger partial charge in [-0.2, -0.15) is 0 Å². The standard InChI is InChI=1S/C14H12F3N7O3/c15-14(16,17)27-7-1-2-23(5-7)10-3-9(22-24-11(10)19-6-20-24)8-4-18-13(26)21-12(8)25/h3-4,6-7H,1-2,5H2,(H2,18,21,25,26)/t7-/m1/s1. The van der Waals surface area contributed by atoms with E-state index in [2.05, 4.69) is 29.9 Å². The average Bonchev–Trinajstić information content (AvgIpc) is 3.21. The number of hydrogen-bond acceptors (Lipinski definition) is 7. The Hall–Kier alpha value is -3.22. The van der Waals surface area contributed by atoms with E-state index >= 15 is 0 Å². The zero-order valence-corrected chi connectivity index (χ0v) is 13.5. The van der Waals surface area contributed by atoms with Gasteiger partial charge in [-0.05, 0) is 12.5 Å². The molecule has 1 saturated heterocycles. The maximum absolute atomic E-state index is 12.5. The Morgan fingerprint density at radius 1 is 1.30 bits per heavy atom. The summed E-state index contributed by atoms with van der Waals surface area (Å²) >= 11 is 0. The topological polar surface area (TPSA) is 121 Å². The number of hydrogen-bond donors (Lipinski definition) is 2. The second kappa shape index (κ2) is 6.19. The van der Waals surface area contributed by atoms with Gasteiger partial charge in [0.2, 0.25) is 0 Å². The molecule has 2 N–H and O–H groups in total. The van der Waals surface area contributed by atoms with Crippen molar-refractivity contribution in [3.8, 4) is 11.3 Å². The normalized spacial score (nSPS) is 17.7. The minimum atomic E-state index is -4.71. The Bertz CT molecular complexity index is 1100. The number of halogens is 3. The molecule has 0 radical (unpaired) electrons. The number of fused-ring (bicyclic) bond motifs is 1. The van der Waals surface area contributed by atoms with Crippen molar-refractivity contribution >= 4 is 11.3 Å². The molecular formula is C14H12F3N7O3. The van der Waals surface area contributed by atoms with Crippen molar-refractivity contribution in [3.63, 3.8) is 0 Å². The first kappa shape index (κ1) is 17.2. The van der Waals surface area contributed by atoms with E-state index in [1.54, 1.807) is 4.90 Å². The third kappa shape index (κ3) is 3.40. The summed E-state index contributed by atoms with van der Waals surface area (Å²) in [5.41, 5.74) is -0.284. The number of H-pyrrole nitrogens is 2. The Labute approximate surface area is 147 Å². The van der Waals surface area contributed by atoms with Crippen LogP contribution in [0.3, 0.4) is 0 Å². The van der Waals surface area contributed by atoms with Crippen LogP contribution in [0.1, 0.15) is 6.42 Å². The van der Waals surface area contributed by atoms with Crippen molar-refractivity contribution in [2.45, 2.75) is 18.9 Å². The summed E-state index contributed by atoms with van der Waals surface area (Å²) in [6, 6.07) is 1.52. The third-order valence-corrected chi connectivity index (χ3v) is 4.12. The van der Waals surface area contributed by atoms with Gasteiger partial charge >= 0.3 is 12.1 Å². The summed E-state index contributed by atoms with van der Waals surface area (Å²) in [7, 11) is 0. The molecule has 4 heterocycles. The maximum Gasteiger partial charge on any atom is 0.522 e. The van der Waals surface area contributed by atoms with Gasteiger partial charge in [0.1, 0.15) is 12.0 Å². The number of nitrogens with one attached hydrogen (secondary N) is 2. The lowest BCUT2D eigenvalue weighted by molar-refractivity contribution is -0.339. The summed E-state index contributed by atoms with van der Waals surface area (Å²) in [6.07, 6.45) is -3.10. The molecule has 4 rings (SSSR count). The van der Waals surface area contributed by atoms with Crippen molar-refractivity contribution in [2.75, 3.05) is 18.0 Å². The fourth-order valence-electron chi connectivity index (χ4n) is 3.00. The third-order valence-electron chi connectivity index (χ3n) is 4.12. The highest BCUT2D eigenvalue weighted by molar-refractivity contribution is 5.74. The lowest BCUT2D eigenvalue weighted by Gasteiger charge is -2.20. The van der Waals surface area contributed by atoms with Crippen LogP contribution in [-0.2, 0) is 4.74 Å².